The third kappa shape index (κ3) is 2.76. The number of hydrogen-bond acceptors (Lipinski definition) is 4. The van der Waals surface area contributed by atoms with E-state index in [0.29, 0.717) is 0 Å². The van der Waals surface area contributed by atoms with Crippen molar-refractivity contribution in [1.29, 1.82) is 0 Å². The molecule has 0 spiro atoms. The number of aromatic carboxylic acids is 1. The van der Waals surface area contributed by atoms with Crippen LogP contribution in [0.1, 0.15) is 39.5 Å². The highest BCUT2D eigenvalue weighted by Crippen LogP contribution is 2.11. The first-order chi connectivity index (χ1) is 9.09. The molecule has 0 aliphatic rings. The monoisotopic (exact) mass is 260 g/mol. The van der Waals surface area contributed by atoms with Crippen LogP contribution in [0, 0.1) is 0 Å². The van der Waals surface area contributed by atoms with Crippen LogP contribution in [0.5, 0.6) is 0 Å². The number of carbonyl (C=O) groups excluding carboxylic acids is 1. The highest BCUT2D eigenvalue weighted by Gasteiger charge is 2.21. The number of hydrogen-bond donors (Lipinski definition) is 3. The third-order valence-electron chi connectivity index (χ3n) is 2.60. The van der Waals surface area contributed by atoms with Gasteiger partial charge in [-0.25, -0.2) is 9.78 Å². The maximum absolute atomic E-state index is 11.9. The molecule has 7 nitrogen and oxygen atoms in total. The number of aromatic nitrogens is 3. The van der Waals surface area contributed by atoms with Crippen LogP contribution < -0.4 is 5.32 Å². The van der Waals surface area contributed by atoms with Crippen molar-refractivity contribution < 1.29 is 14.7 Å². The van der Waals surface area contributed by atoms with E-state index in [1.54, 1.807) is 25.4 Å². The summed E-state index contributed by atoms with van der Waals surface area (Å²) in [6.45, 7) is 1.78. The molecule has 98 valence electrons. The Hall–Kier alpha value is -2.70. The number of imidazole rings is 1. The second-order valence-electron chi connectivity index (χ2n) is 3.91. The minimum Gasteiger partial charge on any atom is -0.477 e. The van der Waals surface area contributed by atoms with Gasteiger partial charge in [-0.1, -0.05) is 6.07 Å². The predicted molar refractivity (Wildman–Crippen MR) is 65.7 cm³/mol. The molecule has 2 heterocycles. The second-order valence-corrected chi connectivity index (χ2v) is 3.91. The smallest absolute Gasteiger partial charge is 0.354 e. The van der Waals surface area contributed by atoms with Crippen molar-refractivity contribution in [2.45, 2.75) is 13.0 Å². The molecule has 0 radical (unpaired) electrons. The summed E-state index contributed by atoms with van der Waals surface area (Å²) < 4.78 is 0. The van der Waals surface area contributed by atoms with Gasteiger partial charge in [0.15, 0.2) is 11.4 Å². The molecule has 0 unspecified atom stereocenters. The minimum atomic E-state index is -1.23. The van der Waals surface area contributed by atoms with Crippen molar-refractivity contribution in [1.82, 2.24) is 20.3 Å². The highest BCUT2D eigenvalue weighted by atomic mass is 16.4. The van der Waals surface area contributed by atoms with Crippen LogP contribution in [0.25, 0.3) is 0 Å². The predicted octanol–water partition coefficient (Wildman–Crippen LogP) is 0.994. The lowest BCUT2D eigenvalue weighted by molar-refractivity contribution is 0.0684. The molecule has 0 aliphatic carbocycles. The number of carboxylic acids is 1. The fourth-order valence-electron chi connectivity index (χ4n) is 1.61. The number of nitrogens with one attached hydrogen (secondary N) is 2. The first-order valence-electron chi connectivity index (χ1n) is 5.57. The van der Waals surface area contributed by atoms with E-state index in [2.05, 4.69) is 20.3 Å². The molecule has 0 saturated heterocycles. The molecule has 0 aromatic carbocycles. The summed E-state index contributed by atoms with van der Waals surface area (Å²) in [6, 6.07) is 3.29. The summed E-state index contributed by atoms with van der Waals surface area (Å²) in [5, 5.41) is 11.6. The van der Waals surface area contributed by atoms with Gasteiger partial charge in [-0.3, -0.25) is 9.78 Å². The first kappa shape index (κ1) is 12.7. The number of pyridine rings is 1. The normalized spacial score (nSPS) is 11.8. The van der Waals surface area contributed by atoms with E-state index in [-0.39, 0.29) is 17.4 Å². The Morgan fingerprint density at radius 3 is 2.89 bits per heavy atom. The van der Waals surface area contributed by atoms with E-state index in [1.165, 1.54) is 6.33 Å². The van der Waals surface area contributed by atoms with Crippen molar-refractivity contribution in [2.24, 2.45) is 0 Å². The van der Waals surface area contributed by atoms with Crippen molar-refractivity contribution in [3.8, 4) is 0 Å². The molecule has 3 N–H and O–H groups in total. The Morgan fingerprint density at radius 1 is 1.47 bits per heavy atom. The van der Waals surface area contributed by atoms with Gasteiger partial charge < -0.3 is 15.4 Å². The van der Waals surface area contributed by atoms with E-state index >= 15 is 0 Å². The molecule has 0 fully saturated rings. The lowest BCUT2D eigenvalue weighted by atomic mass is 10.1. The van der Waals surface area contributed by atoms with Crippen LogP contribution in [-0.2, 0) is 0 Å². The van der Waals surface area contributed by atoms with Crippen LogP contribution >= 0.6 is 0 Å². The van der Waals surface area contributed by atoms with Crippen LogP contribution in [0.4, 0.5) is 0 Å². The second kappa shape index (κ2) is 5.30. The largest absolute Gasteiger partial charge is 0.477 e. The van der Waals surface area contributed by atoms with E-state index in [4.69, 9.17) is 5.11 Å². The number of carboxylic acid groups (broad SMARTS) is 1. The molecule has 0 saturated carbocycles. The SMILES string of the molecule is C[C@@H](NC(=O)c1nc[nH]c1C(=O)O)c1cccnc1. The summed E-state index contributed by atoms with van der Waals surface area (Å²) >= 11 is 0. The molecular formula is C12H12N4O3. The van der Waals surface area contributed by atoms with Gasteiger partial charge in [0.05, 0.1) is 12.4 Å². The van der Waals surface area contributed by atoms with E-state index in [1.807, 2.05) is 6.07 Å². The molecule has 2 aromatic rings. The summed E-state index contributed by atoms with van der Waals surface area (Å²) in [5.41, 5.74) is 0.461. The minimum absolute atomic E-state index is 0.136. The Kier molecular flexibility index (Phi) is 3.56. The Balaban J connectivity index is 2.13. The molecule has 19 heavy (non-hydrogen) atoms. The zero-order chi connectivity index (χ0) is 13.8. The van der Waals surface area contributed by atoms with Gasteiger partial charge >= 0.3 is 5.97 Å². The Morgan fingerprint density at radius 2 is 2.26 bits per heavy atom. The third-order valence-corrected chi connectivity index (χ3v) is 2.60. The van der Waals surface area contributed by atoms with Gasteiger partial charge in [-0.05, 0) is 18.6 Å². The summed E-state index contributed by atoms with van der Waals surface area (Å²) in [5.74, 6) is -1.77. The fraction of sp³-hybridized carbons (Fsp3) is 0.167. The van der Waals surface area contributed by atoms with Crippen LogP contribution in [0.2, 0.25) is 0 Å². The standard InChI is InChI=1S/C12H12N4O3/c1-7(8-3-2-4-13-5-8)16-11(17)9-10(12(18)19)15-6-14-9/h2-7H,1H3,(H,14,15)(H,16,17)(H,18,19)/t7-/m1/s1. The van der Waals surface area contributed by atoms with Crippen molar-refractivity contribution >= 4 is 11.9 Å². The number of H-pyrrole nitrogens is 1. The molecule has 1 atom stereocenters. The van der Waals surface area contributed by atoms with E-state index in [9.17, 15) is 9.59 Å². The molecule has 1 amide bonds. The summed E-state index contributed by atoms with van der Waals surface area (Å²) in [4.78, 5) is 32.9. The number of rotatable bonds is 4. The Labute approximate surface area is 108 Å². The molecule has 2 rings (SSSR count). The fourth-order valence-corrected chi connectivity index (χ4v) is 1.61. The van der Waals surface area contributed by atoms with Crippen molar-refractivity contribution in [3.63, 3.8) is 0 Å². The number of carbonyl (C=O) groups is 2. The Bertz CT molecular complexity index is 594. The highest BCUT2D eigenvalue weighted by molar-refractivity contribution is 6.02. The molecule has 7 heteroatoms. The van der Waals surface area contributed by atoms with Gasteiger partial charge in [0, 0.05) is 12.4 Å². The molecule has 0 bridgehead atoms. The van der Waals surface area contributed by atoms with E-state index < -0.39 is 11.9 Å². The zero-order valence-corrected chi connectivity index (χ0v) is 10.1. The van der Waals surface area contributed by atoms with Crippen LogP contribution in [0.3, 0.4) is 0 Å². The van der Waals surface area contributed by atoms with E-state index in [0.717, 1.165) is 5.56 Å². The van der Waals surface area contributed by atoms with Gasteiger partial charge in [0.2, 0.25) is 0 Å². The quantitative estimate of drug-likeness (QED) is 0.759. The van der Waals surface area contributed by atoms with Crippen molar-refractivity contribution in [3.05, 3.63) is 47.8 Å². The number of aromatic amines is 1. The summed E-state index contributed by atoms with van der Waals surface area (Å²) in [7, 11) is 0. The average Bonchev–Trinajstić information content (AvgIpc) is 2.89. The van der Waals surface area contributed by atoms with Crippen LogP contribution in [-0.4, -0.2) is 31.9 Å². The number of amides is 1. The maximum Gasteiger partial charge on any atom is 0.354 e. The topological polar surface area (TPSA) is 108 Å². The average molecular weight is 260 g/mol. The van der Waals surface area contributed by atoms with Gasteiger partial charge in [0.1, 0.15) is 0 Å². The van der Waals surface area contributed by atoms with Gasteiger partial charge in [0.25, 0.3) is 5.91 Å². The maximum atomic E-state index is 11.9. The van der Waals surface area contributed by atoms with Gasteiger partial charge in [-0.15, -0.1) is 0 Å². The zero-order valence-electron chi connectivity index (χ0n) is 10.1. The van der Waals surface area contributed by atoms with Crippen molar-refractivity contribution in [2.75, 3.05) is 0 Å². The first-order valence-corrected chi connectivity index (χ1v) is 5.57. The van der Waals surface area contributed by atoms with Crippen LogP contribution in [0.15, 0.2) is 30.9 Å². The lowest BCUT2D eigenvalue weighted by Gasteiger charge is -2.12. The molecule has 0 aliphatic heterocycles. The number of nitrogens with zero attached hydrogens (tertiary/aromatic N) is 2. The molecule has 2 aromatic heterocycles. The molecular weight excluding hydrogens is 248 g/mol. The lowest BCUT2D eigenvalue weighted by Crippen LogP contribution is -2.28. The summed E-state index contributed by atoms with van der Waals surface area (Å²) in [6.07, 6.45) is 4.44. The van der Waals surface area contributed by atoms with Gasteiger partial charge in [-0.2, -0.15) is 0 Å².